The Morgan fingerprint density at radius 3 is 2.54 bits per heavy atom. The lowest BCUT2D eigenvalue weighted by Crippen LogP contribution is -2.07. The molecule has 0 radical (unpaired) electrons. The zero-order valence-electron chi connectivity index (χ0n) is 19.5. The smallest absolute Gasteiger partial charge is 0.250 e. The molecule has 1 amide bonds. The zero-order chi connectivity index (χ0) is 24.6. The summed E-state index contributed by atoms with van der Waals surface area (Å²) in [4.78, 5) is 18.4. The minimum Gasteiger partial charge on any atom is -0.493 e. The fraction of sp³-hybridized carbons (Fsp3) is 0.143. The number of hydrogen-bond donors (Lipinski definition) is 1. The fourth-order valence-electron chi connectivity index (χ4n) is 3.44. The average molecular weight is 549 g/mol. The summed E-state index contributed by atoms with van der Waals surface area (Å²) in [5, 5.41) is 3.46. The van der Waals surface area contributed by atoms with E-state index in [2.05, 4.69) is 33.2 Å². The summed E-state index contributed by atoms with van der Waals surface area (Å²) in [6, 6.07) is 23.5. The third kappa shape index (κ3) is 6.59. The van der Waals surface area contributed by atoms with Crippen molar-refractivity contribution < 1.29 is 14.3 Å². The molecule has 0 fully saturated rings. The van der Waals surface area contributed by atoms with Gasteiger partial charge in [0.25, 0.3) is 0 Å². The lowest BCUT2D eigenvalue weighted by Gasteiger charge is -2.11. The Kier molecular flexibility index (Phi) is 8.34. The summed E-state index contributed by atoms with van der Waals surface area (Å²) < 4.78 is 12.4. The predicted molar refractivity (Wildman–Crippen MR) is 146 cm³/mol. The predicted octanol–water partition coefficient (Wildman–Crippen LogP) is 7.37. The monoisotopic (exact) mass is 548 g/mol. The second kappa shape index (κ2) is 11.8. The fourth-order valence-corrected chi connectivity index (χ4v) is 4.63. The molecule has 4 rings (SSSR count). The van der Waals surface area contributed by atoms with Crippen LogP contribution in [-0.2, 0) is 17.8 Å². The molecule has 35 heavy (non-hydrogen) atoms. The van der Waals surface area contributed by atoms with Crippen molar-refractivity contribution in [3.8, 4) is 22.8 Å². The van der Waals surface area contributed by atoms with E-state index in [4.69, 9.17) is 9.47 Å². The number of carbonyl (C=O) groups is 1. The second-order valence-electron chi connectivity index (χ2n) is 7.66. The first-order valence-electron chi connectivity index (χ1n) is 11.1. The molecule has 1 N–H and O–H groups in total. The molecule has 3 aromatic carbocycles. The molecular weight excluding hydrogens is 524 g/mol. The number of amides is 1. The summed E-state index contributed by atoms with van der Waals surface area (Å²) in [7, 11) is 1.60. The van der Waals surface area contributed by atoms with Crippen molar-refractivity contribution in [2.45, 2.75) is 20.0 Å². The Bertz CT molecular complexity index is 1320. The van der Waals surface area contributed by atoms with E-state index < -0.39 is 0 Å². The molecule has 0 unspecified atom stereocenters. The van der Waals surface area contributed by atoms with Crippen LogP contribution in [0.15, 0.2) is 83.3 Å². The molecule has 0 atom stereocenters. The Morgan fingerprint density at radius 1 is 1.06 bits per heavy atom. The number of rotatable bonds is 9. The molecule has 0 bridgehead atoms. The zero-order valence-corrected chi connectivity index (χ0v) is 21.9. The molecule has 0 aliphatic carbocycles. The van der Waals surface area contributed by atoms with E-state index in [1.165, 1.54) is 17.4 Å². The van der Waals surface area contributed by atoms with E-state index in [0.717, 1.165) is 38.2 Å². The highest BCUT2D eigenvalue weighted by molar-refractivity contribution is 9.10. The van der Waals surface area contributed by atoms with Gasteiger partial charge in [0, 0.05) is 21.0 Å². The number of aryl methyl sites for hydroxylation is 1. The molecule has 0 saturated carbocycles. The molecule has 4 aromatic rings. The summed E-state index contributed by atoms with van der Waals surface area (Å²) in [5.41, 5.74) is 3.83. The van der Waals surface area contributed by atoms with Crippen LogP contribution in [0.1, 0.15) is 22.9 Å². The molecule has 5 nitrogen and oxygen atoms in total. The number of methoxy groups -OCH3 is 1. The third-order valence-electron chi connectivity index (χ3n) is 5.22. The van der Waals surface area contributed by atoms with E-state index in [1.807, 2.05) is 72.8 Å². The second-order valence-corrected chi connectivity index (χ2v) is 9.66. The Morgan fingerprint density at radius 2 is 1.83 bits per heavy atom. The van der Waals surface area contributed by atoms with E-state index in [-0.39, 0.29) is 5.91 Å². The van der Waals surface area contributed by atoms with Crippen LogP contribution < -0.4 is 14.8 Å². The number of halogens is 1. The van der Waals surface area contributed by atoms with Crippen molar-refractivity contribution in [3.05, 3.63) is 99.3 Å². The van der Waals surface area contributed by atoms with Gasteiger partial charge >= 0.3 is 0 Å². The first-order valence-corrected chi connectivity index (χ1v) is 12.8. The first kappa shape index (κ1) is 24.7. The van der Waals surface area contributed by atoms with Gasteiger partial charge in [-0.2, -0.15) is 0 Å². The number of benzene rings is 3. The topological polar surface area (TPSA) is 60.5 Å². The van der Waals surface area contributed by atoms with Gasteiger partial charge in [0.05, 0.1) is 12.8 Å². The molecule has 0 saturated heterocycles. The minimum atomic E-state index is -0.243. The summed E-state index contributed by atoms with van der Waals surface area (Å²) >= 11 is 4.96. The molecule has 1 heterocycles. The highest BCUT2D eigenvalue weighted by atomic mass is 79.9. The Labute approximate surface area is 217 Å². The molecule has 1 aromatic heterocycles. The molecule has 0 aliphatic rings. The summed E-state index contributed by atoms with van der Waals surface area (Å²) in [5.74, 6) is 1.01. The highest BCUT2D eigenvalue weighted by Crippen LogP contribution is 2.32. The van der Waals surface area contributed by atoms with Crippen molar-refractivity contribution in [2.75, 3.05) is 12.4 Å². The van der Waals surface area contributed by atoms with Gasteiger partial charge in [0.1, 0.15) is 6.61 Å². The van der Waals surface area contributed by atoms with E-state index >= 15 is 0 Å². The van der Waals surface area contributed by atoms with Crippen LogP contribution in [0.5, 0.6) is 11.5 Å². The van der Waals surface area contributed by atoms with Crippen LogP contribution >= 0.6 is 27.3 Å². The molecular formula is C28H25BrN2O3S. The van der Waals surface area contributed by atoms with Crippen LogP contribution in [0.25, 0.3) is 17.3 Å². The van der Waals surface area contributed by atoms with Gasteiger partial charge in [-0.1, -0.05) is 71.4 Å². The minimum absolute atomic E-state index is 0.243. The number of nitrogens with zero attached hydrogens (tertiary/aromatic N) is 1. The third-order valence-corrected chi connectivity index (χ3v) is 6.86. The highest BCUT2D eigenvalue weighted by Gasteiger charge is 2.13. The van der Waals surface area contributed by atoms with Crippen LogP contribution in [-0.4, -0.2) is 18.0 Å². The van der Waals surface area contributed by atoms with Gasteiger partial charge in [0.15, 0.2) is 16.6 Å². The lowest BCUT2D eigenvalue weighted by atomic mass is 10.1. The first-order chi connectivity index (χ1) is 17.1. The number of hydrogen-bond acceptors (Lipinski definition) is 5. The molecule has 7 heteroatoms. The van der Waals surface area contributed by atoms with Crippen LogP contribution in [0.2, 0.25) is 0 Å². The van der Waals surface area contributed by atoms with Gasteiger partial charge in [-0.25, -0.2) is 4.98 Å². The number of aromatic nitrogens is 1. The van der Waals surface area contributed by atoms with Crippen molar-refractivity contribution in [3.63, 3.8) is 0 Å². The number of nitrogens with one attached hydrogen (secondary N) is 1. The average Bonchev–Trinajstić information content (AvgIpc) is 3.30. The van der Waals surface area contributed by atoms with Gasteiger partial charge in [-0.15, -0.1) is 11.3 Å². The van der Waals surface area contributed by atoms with Crippen molar-refractivity contribution in [1.29, 1.82) is 0 Å². The lowest BCUT2D eigenvalue weighted by molar-refractivity contribution is -0.111. The van der Waals surface area contributed by atoms with Crippen molar-refractivity contribution in [1.82, 2.24) is 4.98 Å². The van der Waals surface area contributed by atoms with Gasteiger partial charge in [0.2, 0.25) is 5.91 Å². The van der Waals surface area contributed by atoms with Crippen LogP contribution in [0.3, 0.4) is 0 Å². The normalized spacial score (nSPS) is 10.9. The van der Waals surface area contributed by atoms with Gasteiger partial charge in [-0.05, 0) is 47.9 Å². The summed E-state index contributed by atoms with van der Waals surface area (Å²) in [6.07, 6.45) is 4.07. The maximum absolute atomic E-state index is 12.6. The molecule has 0 aliphatic heterocycles. The largest absolute Gasteiger partial charge is 0.493 e. The quantitative estimate of drug-likeness (QED) is 0.222. The van der Waals surface area contributed by atoms with E-state index in [1.54, 1.807) is 13.2 Å². The van der Waals surface area contributed by atoms with Crippen molar-refractivity contribution >= 4 is 44.4 Å². The molecule has 178 valence electrons. The number of ether oxygens (including phenoxy) is 2. The van der Waals surface area contributed by atoms with E-state index in [9.17, 15) is 4.79 Å². The van der Waals surface area contributed by atoms with Gasteiger partial charge < -0.3 is 9.47 Å². The van der Waals surface area contributed by atoms with Crippen molar-refractivity contribution in [2.24, 2.45) is 0 Å². The Hall–Kier alpha value is -3.42. The number of anilines is 1. The van der Waals surface area contributed by atoms with Crippen LogP contribution in [0, 0.1) is 0 Å². The molecule has 0 spiro atoms. The van der Waals surface area contributed by atoms with Gasteiger partial charge in [-0.3, -0.25) is 10.1 Å². The number of carbonyl (C=O) groups excluding carboxylic acids is 1. The maximum atomic E-state index is 12.6. The summed E-state index contributed by atoms with van der Waals surface area (Å²) in [6.45, 7) is 2.53. The SMILES string of the molecule is CCc1sc(NC(=O)/C=C/c2ccc(OCc3ccccc3)c(OC)c2)nc1-c1ccc(Br)cc1. The standard InChI is InChI=1S/C28H25BrN2O3S/c1-3-25-27(21-11-13-22(29)14-12-21)31-28(35-25)30-26(32)16-10-19-9-15-23(24(17-19)33-2)34-18-20-7-5-4-6-8-20/h4-17H,3,18H2,1-2H3,(H,30,31,32)/b16-10+. The maximum Gasteiger partial charge on any atom is 0.250 e. The number of thiazole rings is 1. The Balaban J connectivity index is 1.41. The van der Waals surface area contributed by atoms with E-state index in [0.29, 0.717) is 23.2 Å². The van der Waals surface area contributed by atoms with Crippen LogP contribution in [0.4, 0.5) is 5.13 Å².